The van der Waals surface area contributed by atoms with Crippen molar-refractivity contribution in [1.29, 1.82) is 0 Å². The van der Waals surface area contributed by atoms with Crippen LogP contribution >= 0.6 is 0 Å². The number of hydrazone groups is 1. The SMILES string of the molecule is CCOc1ccc(S(=O)(=O)N2CCC(C(=O)NN=Cc3ccc(-c4ccc(F)cc4)o3)CC2)cc1. The maximum Gasteiger partial charge on any atom is 0.243 e. The minimum Gasteiger partial charge on any atom is -0.494 e. The molecule has 0 unspecified atom stereocenters. The number of nitrogens with zero attached hydrogens (tertiary/aromatic N) is 2. The fraction of sp³-hybridized carbons (Fsp3) is 0.280. The summed E-state index contributed by atoms with van der Waals surface area (Å²) in [6.45, 7) is 2.86. The highest BCUT2D eigenvalue weighted by Gasteiger charge is 2.32. The van der Waals surface area contributed by atoms with E-state index in [2.05, 4.69) is 10.5 Å². The first-order chi connectivity index (χ1) is 16.9. The minimum absolute atomic E-state index is 0.201. The topological polar surface area (TPSA) is 101 Å². The zero-order valence-corrected chi connectivity index (χ0v) is 20.0. The molecule has 1 fully saturated rings. The molecule has 0 radical (unpaired) electrons. The molecule has 0 saturated carbocycles. The van der Waals surface area contributed by atoms with Crippen LogP contribution < -0.4 is 10.2 Å². The minimum atomic E-state index is -3.64. The van der Waals surface area contributed by atoms with Gasteiger partial charge in [-0.05, 0) is 80.4 Å². The third-order valence-electron chi connectivity index (χ3n) is 5.72. The molecule has 0 spiro atoms. The highest BCUT2D eigenvalue weighted by Crippen LogP contribution is 2.25. The van der Waals surface area contributed by atoms with E-state index in [1.807, 2.05) is 6.92 Å². The van der Waals surface area contributed by atoms with Gasteiger partial charge < -0.3 is 9.15 Å². The Labute approximate surface area is 203 Å². The quantitative estimate of drug-likeness (QED) is 0.372. The van der Waals surface area contributed by atoms with E-state index in [1.165, 1.54) is 34.8 Å². The number of hydrogen-bond donors (Lipinski definition) is 1. The first-order valence-corrected chi connectivity index (χ1v) is 12.7. The summed E-state index contributed by atoms with van der Waals surface area (Å²) in [5, 5.41) is 3.95. The summed E-state index contributed by atoms with van der Waals surface area (Å²) < 4.78 is 51.3. The van der Waals surface area contributed by atoms with Crippen LogP contribution in [0.5, 0.6) is 5.75 Å². The molecular weight excluding hydrogens is 473 g/mol. The van der Waals surface area contributed by atoms with Gasteiger partial charge in [0.1, 0.15) is 23.1 Å². The molecule has 35 heavy (non-hydrogen) atoms. The number of halogens is 1. The van der Waals surface area contributed by atoms with Crippen LogP contribution in [0.2, 0.25) is 0 Å². The van der Waals surface area contributed by atoms with Crippen molar-refractivity contribution in [3.05, 3.63) is 72.2 Å². The number of rotatable bonds is 8. The number of carbonyl (C=O) groups excluding carboxylic acids is 1. The Hall–Kier alpha value is -3.50. The number of nitrogens with one attached hydrogen (secondary N) is 1. The third-order valence-corrected chi connectivity index (χ3v) is 7.63. The maximum absolute atomic E-state index is 13.1. The second kappa shape index (κ2) is 10.8. The number of furan rings is 1. The second-order valence-electron chi connectivity index (χ2n) is 8.03. The number of amides is 1. The van der Waals surface area contributed by atoms with Crippen molar-refractivity contribution in [2.45, 2.75) is 24.7 Å². The summed E-state index contributed by atoms with van der Waals surface area (Å²) in [6.07, 6.45) is 2.18. The predicted octanol–water partition coefficient (Wildman–Crippen LogP) is 4.04. The van der Waals surface area contributed by atoms with Crippen LogP contribution in [0, 0.1) is 11.7 Å². The molecule has 0 atom stereocenters. The van der Waals surface area contributed by atoms with E-state index in [0.717, 1.165) is 5.56 Å². The maximum atomic E-state index is 13.1. The van der Waals surface area contributed by atoms with Gasteiger partial charge in [0.2, 0.25) is 15.9 Å². The average Bonchev–Trinajstić information content (AvgIpc) is 3.34. The van der Waals surface area contributed by atoms with E-state index in [1.54, 1.807) is 36.4 Å². The number of carbonyl (C=O) groups is 1. The highest BCUT2D eigenvalue weighted by molar-refractivity contribution is 7.89. The van der Waals surface area contributed by atoms with Crippen LogP contribution in [0.15, 0.2) is 75.1 Å². The summed E-state index contributed by atoms with van der Waals surface area (Å²) in [5.74, 6) is 0.655. The van der Waals surface area contributed by atoms with Gasteiger partial charge in [-0.2, -0.15) is 9.41 Å². The molecule has 1 N–H and O–H groups in total. The Bertz CT molecular complexity index is 1280. The predicted molar refractivity (Wildman–Crippen MR) is 129 cm³/mol. The van der Waals surface area contributed by atoms with Crippen molar-refractivity contribution >= 4 is 22.1 Å². The van der Waals surface area contributed by atoms with Crippen LogP contribution in [0.3, 0.4) is 0 Å². The van der Waals surface area contributed by atoms with E-state index >= 15 is 0 Å². The van der Waals surface area contributed by atoms with Gasteiger partial charge in [-0.15, -0.1) is 0 Å². The molecule has 2 aromatic carbocycles. The van der Waals surface area contributed by atoms with Crippen LogP contribution in [-0.2, 0) is 14.8 Å². The van der Waals surface area contributed by atoms with E-state index in [4.69, 9.17) is 9.15 Å². The van der Waals surface area contributed by atoms with E-state index < -0.39 is 10.0 Å². The van der Waals surface area contributed by atoms with E-state index in [-0.39, 0.29) is 35.6 Å². The van der Waals surface area contributed by atoms with Crippen LogP contribution in [0.25, 0.3) is 11.3 Å². The largest absolute Gasteiger partial charge is 0.494 e. The van der Waals surface area contributed by atoms with E-state index in [0.29, 0.717) is 36.7 Å². The third kappa shape index (κ3) is 5.95. The number of sulfonamides is 1. The Morgan fingerprint density at radius 1 is 1.11 bits per heavy atom. The van der Waals surface area contributed by atoms with Gasteiger partial charge in [0.05, 0.1) is 17.7 Å². The fourth-order valence-corrected chi connectivity index (χ4v) is 5.29. The molecule has 1 saturated heterocycles. The number of ether oxygens (including phenoxy) is 1. The standard InChI is InChI=1S/C25H26FN3O5S/c1-2-33-21-7-10-23(11-8-21)35(31,32)29-15-13-19(14-16-29)25(30)28-27-17-22-9-12-24(34-22)18-3-5-20(26)6-4-18/h3-12,17,19H,2,13-16H2,1H3,(H,28,30). The lowest BCUT2D eigenvalue weighted by Gasteiger charge is -2.30. The Kier molecular flexibility index (Phi) is 7.62. The number of piperidine rings is 1. The Morgan fingerprint density at radius 3 is 2.46 bits per heavy atom. The van der Waals surface area contributed by atoms with Crippen molar-refractivity contribution in [1.82, 2.24) is 9.73 Å². The molecule has 2 heterocycles. The molecule has 1 aliphatic heterocycles. The average molecular weight is 500 g/mol. The lowest BCUT2D eigenvalue weighted by Crippen LogP contribution is -2.42. The summed E-state index contributed by atoms with van der Waals surface area (Å²) in [7, 11) is -3.64. The van der Waals surface area contributed by atoms with Gasteiger partial charge in [-0.3, -0.25) is 4.79 Å². The molecule has 1 amide bonds. The van der Waals surface area contributed by atoms with Crippen molar-refractivity contribution < 1.29 is 26.8 Å². The van der Waals surface area contributed by atoms with Crippen molar-refractivity contribution in [2.75, 3.05) is 19.7 Å². The summed E-state index contributed by atoms with van der Waals surface area (Å²) in [6, 6.07) is 15.7. The summed E-state index contributed by atoms with van der Waals surface area (Å²) in [5.41, 5.74) is 3.22. The van der Waals surface area contributed by atoms with Gasteiger partial charge in [-0.25, -0.2) is 18.2 Å². The van der Waals surface area contributed by atoms with Crippen LogP contribution in [0.4, 0.5) is 4.39 Å². The molecule has 1 aliphatic rings. The van der Waals surface area contributed by atoms with Crippen LogP contribution in [0.1, 0.15) is 25.5 Å². The van der Waals surface area contributed by atoms with Crippen molar-refractivity contribution in [2.24, 2.45) is 11.0 Å². The zero-order valence-electron chi connectivity index (χ0n) is 19.2. The normalized spacial score (nSPS) is 15.4. The lowest BCUT2D eigenvalue weighted by molar-refractivity contribution is -0.126. The van der Waals surface area contributed by atoms with Gasteiger partial charge in [0, 0.05) is 24.6 Å². The highest BCUT2D eigenvalue weighted by atomic mass is 32.2. The monoisotopic (exact) mass is 499 g/mol. The van der Waals surface area contributed by atoms with Gasteiger partial charge in [-0.1, -0.05) is 0 Å². The van der Waals surface area contributed by atoms with Crippen LogP contribution in [-0.4, -0.2) is 44.5 Å². The molecule has 10 heteroatoms. The molecule has 4 rings (SSSR count). The molecule has 1 aromatic heterocycles. The Balaban J connectivity index is 1.28. The first-order valence-electron chi connectivity index (χ1n) is 11.3. The molecule has 0 bridgehead atoms. The Morgan fingerprint density at radius 2 is 1.80 bits per heavy atom. The molecule has 184 valence electrons. The first kappa shape index (κ1) is 24.6. The number of hydrogen-bond acceptors (Lipinski definition) is 6. The number of benzene rings is 2. The van der Waals surface area contributed by atoms with Crippen molar-refractivity contribution in [3.63, 3.8) is 0 Å². The molecule has 0 aliphatic carbocycles. The van der Waals surface area contributed by atoms with E-state index in [9.17, 15) is 17.6 Å². The van der Waals surface area contributed by atoms with Crippen molar-refractivity contribution in [3.8, 4) is 17.1 Å². The fourth-order valence-electron chi connectivity index (χ4n) is 3.82. The molecule has 8 nitrogen and oxygen atoms in total. The summed E-state index contributed by atoms with van der Waals surface area (Å²) >= 11 is 0. The molecular formula is C25H26FN3O5S. The second-order valence-corrected chi connectivity index (χ2v) is 9.96. The molecule has 3 aromatic rings. The van der Waals surface area contributed by atoms with Gasteiger partial charge in [0.15, 0.2) is 0 Å². The zero-order chi connectivity index (χ0) is 24.8. The summed E-state index contributed by atoms with van der Waals surface area (Å²) in [4.78, 5) is 12.7. The lowest BCUT2D eigenvalue weighted by atomic mass is 9.98. The smallest absolute Gasteiger partial charge is 0.243 e. The van der Waals surface area contributed by atoms with Gasteiger partial charge >= 0.3 is 0 Å². The van der Waals surface area contributed by atoms with Gasteiger partial charge in [0.25, 0.3) is 0 Å².